The molecule has 22 heavy (non-hydrogen) atoms. The first-order valence-electron chi connectivity index (χ1n) is 7.33. The first kappa shape index (κ1) is 14.6. The zero-order valence-electron chi connectivity index (χ0n) is 12.2. The molecule has 1 aliphatic carbocycles. The molecule has 0 saturated carbocycles. The van der Waals surface area contributed by atoms with E-state index in [0.717, 1.165) is 6.42 Å². The fraction of sp³-hybridized carbons (Fsp3) is 0.0526. The monoisotopic (exact) mass is 288 g/mol. The van der Waals surface area contributed by atoms with Gasteiger partial charge in [-0.25, -0.2) is 0 Å². The van der Waals surface area contributed by atoms with Crippen LogP contribution < -0.4 is 5.46 Å². The van der Waals surface area contributed by atoms with Crippen LogP contribution in [0.2, 0.25) is 0 Å². The third kappa shape index (κ3) is 3.11. The van der Waals surface area contributed by atoms with Crippen molar-refractivity contribution in [2.45, 2.75) is 6.42 Å². The summed E-state index contributed by atoms with van der Waals surface area (Å²) >= 11 is 0. The summed E-state index contributed by atoms with van der Waals surface area (Å²) in [5.41, 5.74) is 6.28. The smallest absolute Gasteiger partial charge is 0.423 e. The minimum atomic E-state index is -1.34. The van der Waals surface area contributed by atoms with Gasteiger partial charge in [-0.1, -0.05) is 78.9 Å². The van der Waals surface area contributed by atoms with Gasteiger partial charge in [0.15, 0.2) is 0 Å². The van der Waals surface area contributed by atoms with Crippen molar-refractivity contribution >= 4 is 12.6 Å². The summed E-state index contributed by atoms with van der Waals surface area (Å²) in [4.78, 5) is 0. The van der Waals surface area contributed by atoms with Crippen LogP contribution in [0.1, 0.15) is 11.1 Å². The number of rotatable bonds is 1. The molecule has 0 radical (unpaired) electrons. The topological polar surface area (TPSA) is 40.5 Å². The van der Waals surface area contributed by atoms with E-state index in [0.29, 0.717) is 5.46 Å². The second kappa shape index (κ2) is 6.61. The van der Waals surface area contributed by atoms with E-state index < -0.39 is 7.12 Å². The molecule has 3 aromatic carbocycles. The average Bonchev–Trinajstić information content (AvgIpc) is 2.95. The third-order valence-corrected chi connectivity index (χ3v) is 3.80. The molecule has 0 fully saturated rings. The summed E-state index contributed by atoms with van der Waals surface area (Å²) in [5, 5.41) is 17.2. The van der Waals surface area contributed by atoms with E-state index in [1.807, 2.05) is 6.07 Å². The van der Waals surface area contributed by atoms with Crippen molar-refractivity contribution in [1.82, 2.24) is 0 Å². The maximum Gasteiger partial charge on any atom is 0.488 e. The van der Waals surface area contributed by atoms with Crippen LogP contribution in [-0.4, -0.2) is 17.2 Å². The standard InChI is InChI=1S/C13H10.C6H7BO2/c1-3-7-12-10(5-1)9-11-6-2-4-8-13(11)12;8-7(9)6-4-2-1-3-5-6/h1-8H,9H2;1-5,8-9H. The zero-order valence-corrected chi connectivity index (χ0v) is 12.2. The minimum Gasteiger partial charge on any atom is -0.423 e. The van der Waals surface area contributed by atoms with E-state index in [-0.39, 0.29) is 0 Å². The highest BCUT2D eigenvalue weighted by atomic mass is 16.4. The highest BCUT2D eigenvalue weighted by Crippen LogP contribution is 2.35. The SMILES string of the molecule is OB(O)c1ccccc1.c1ccc2c(c1)Cc1ccccc1-2. The van der Waals surface area contributed by atoms with Gasteiger partial charge >= 0.3 is 7.12 Å². The van der Waals surface area contributed by atoms with Crippen molar-refractivity contribution in [3.63, 3.8) is 0 Å². The van der Waals surface area contributed by atoms with Gasteiger partial charge in [0.1, 0.15) is 0 Å². The van der Waals surface area contributed by atoms with Gasteiger partial charge in [-0.3, -0.25) is 0 Å². The lowest BCUT2D eigenvalue weighted by atomic mass is 9.81. The Balaban J connectivity index is 0.000000142. The maximum absolute atomic E-state index is 8.58. The zero-order chi connectivity index (χ0) is 15.4. The van der Waals surface area contributed by atoms with Crippen LogP contribution in [0.3, 0.4) is 0 Å². The Morgan fingerprint density at radius 1 is 0.591 bits per heavy atom. The minimum absolute atomic E-state index is 0.525. The van der Waals surface area contributed by atoms with Crippen molar-refractivity contribution in [3.8, 4) is 11.1 Å². The molecular formula is C19H17BO2. The predicted octanol–water partition coefficient (Wildman–Crippen LogP) is 2.62. The van der Waals surface area contributed by atoms with E-state index in [1.165, 1.54) is 22.3 Å². The first-order valence-corrected chi connectivity index (χ1v) is 7.33. The molecule has 2 N–H and O–H groups in total. The van der Waals surface area contributed by atoms with Gasteiger partial charge < -0.3 is 10.0 Å². The van der Waals surface area contributed by atoms with Crippen molar-refractivity contribution in [3.05, 3.63) is 90.0 Å². The van der Waals surface area contributed by atoms with Gasteiger partial charge in [0.05, 0.1) is 0 Å². The van der Waals surface area contributed by atoms with Gasteiger partial charge in [-0.2, -0.15) is 0 Å². The fourth-order valence-corrected chi connectivity index (χ4v) is 2.70. The molecule has 1 aliphatic rings. The highest BCUT2D eigenvalue weighted by Gasteiger charge is 2.15. The molecule has 0 heterocycles. The summed E-state index contributed by atoms with van der Waals surface area (Å²) in [7, 11) is -1.34. The predicted molar refractivity (Wildman–Crippen MR) is 91.0 cm³/mol. The summed E-state index contributed by atoms with van der Waals surface area (Å²) in [5.74, 6) is 0. The normalized spacial score (nSPS) is 11.0. The van der Waals surface area contributed by atoms with Gasteiger partial charge in [0.2, 0.25) is 0 Å². The molecule has 0 unspecified atom stereocenters. The lowest BCUT2D eigenvalue weighted by Crippen LogP contribution is -2.29. The Kier molecular flexibility index (Phi) is 4.38. The molecule has 3 aromatic rings. The van der Waals surface area contributed by atoms with Crippen LogP contribution in [0.25, 0.3) is 11.1 Å². The van der Waals surface area contributed by atoms with Gasteiger partial charge in [-0.15, -0.1) is 0 Å². The molecule has 2 nitrogen and oxygen atoms in total. The summed E-state index contributed by atoms with van der Waals surface area (Å²) < 4.78 is 0. The molecule has 4 rings (SSSR count). The lowest BCUT2D eigenvalue weighted by Gasteiger charge is -1.98. The van der Waals surface area contributed by atoms with E-state index in [1.54, 1.807) is 24.3 Å². The lowest BCUT2D eigenvalue weighted by molar-refractivity contribution is 0.426. The second-order valence-corrected chi connectivity index (χ2v) is 5.28. The molecule has 0 aliphatic heterocycles. The Morgan fingerprint density at radius 2 is 1.05 bits per heavy atom. The number of hydrogen-bond donors (Lipinski definition) is 2. The molecule has 0 saturated heterocycles. The fourth-order valence-electron chi connectivity index (χ4n) is 2.70. The average molecular weight is 288 g/mol. The van der Waals surface area contributed by atoms with Crippen molar-refractivity contribution < 1.29 is 10.0 Å². The van der Waals surface area contributed by atoms with Gasteiger partial charge in [0, 0.05) is 0 Å². The summed E-state index contributed by atoms with van der Waals surface area (Å²) in [6.45, 7) is 0. The van der Waals surface area contributed by atoms with Crippen molar-refractivity contribution in [2.24, 2.45) is 0 Å². The molecule has 0 atom stereocenters. The third-order valence-electron chi connectivity index (χ3n) is 3.80. The van der Waals surface area contributed by atoms with Crippen LogP contribution in [0.15, 0.2) is 78.9 Å². The second-order valence-electron chi connectivity index (χ2n) is 5.28. The molecule has 0 bridgehead atoms. The van der Waals surface area contributed by atoms with Crippen molar-refractivity contribution in [1.29, 1.82) is 0 Å². The summed E-state index contributed by atoms with van der Waals surface area (Å²) in [6.07, 6.45) is 1.10. The Bertz CT molecular complexity index is 711. The molecule has 0 amide bonds. The molecule has 0 spiro atoms. The van der Waals surface area contributed by atoms with E-state index in [4.69, 9.17) is 10.0 Å². The van der Waals surface area contributed by atoms with Gasteiger partial charge in [-0.05, 0) is 34.1 Å². The van der Waals surface area contributed by atoms with Crippen LogP contribution in [0.5, 0.6) is 0 Å². The van der Waals surface area contributed by atoms with Crippen LogP contribution >= 0.6 is 0 Å². The van der Waals surface area contributed by atoms with E-state index >= 15 is 0 Å². The Labute approximate surface area is 130 Å². The first-order chi connectivity index (χ1) is 10.8. The Morgan fingerprint density at radius 3 is 1.50 bits per heavy atom. The molecule has 0 aromatic heterocycles. The van der Waals surface area contributed by atoms with E-state index in [2.05, 4.69) is 48.5 Å². The van der Waals surface area contributed by atoms with Crippen LogP contribution in [0.4, 0.5) is 0 Å². The largest absolute Gasteiger partial charge is 0.488 e. The van der Waals surface area contributed by atoms with Crippen LogP contribution in [0, 0.1) is 0 Å². The molecular weight excluding hydrogens is 271 g/mol. The highest BCUT2D eigenvalue weighted by molar-refractivity contribution is 6.58. The van der Waals surface area contributed by atoms with Crippen molar-refractivity contribution in [2.75, 3.05) is 0 Å². The molecule has 3 heteroatoms. The van der Waals surface area contributed by atoms with Crippen LogP contribution in [-0.2, 0) is 6.42 Å². The quantitative estimate of drug-likeness (QED) is 0.529. The van der Waals surface area contributed by atoms with E-state index in [9.17, 15) is 0 Å². The maximum atomic E-state index is 8.58. The summed E-state index contributed by atoms with van der Waals surface area (Å²) in [6, 6.07) is 26.0. The number of benzene rings is 3. The molecule has 108 valence electrons. The number of fused-ring (bicyclic) bond motifs is 3. The number of hydrogen-bond acceptors (Lipinski definition) is 2. The van der Waals surface area contributed by atoms with Gasteiger partial charge in [0.25, 0.3) is 0 Å². The Hall–Kier alpha value is -2.36.